The van der Waals surface area contributed by atoms with Gasteiger partial charge in [0.1, 0.15) is 11.2 Å². The first-order valence-corrected chi connectivity index (χ1v) is 20.1. The zero-order valence-electron chi connectivity index (χ0n) is 30.7. The summed E-state index contributed by atoms with van der Waals surface area (Å²) in [6.07, 6.45) is 0. The predicted molar refractivity (Wildman–Crippen MR) is 232 cm³/mol. The largest absolute Gasteiger partial charge is 0.456 e. The molecule has 0 N–H and O–H groups in total. The maximum Gasteiger partial charge on any atom is 0.160 e. The molecule has 1 spiro atoms. The van der Waals surface area contributed by atoms with E-state index in [0.717, 1.165) is 50.0 Å². The Hall–Kier alpha value is -7.01. The van der Waals surface area contributed by atoms with E-state index in [-0.39, 0.29) is 0 Å². The molecule has 266 valence electrons. The van der Waals surface area contributed by atoms with Crippen LogP contribution in [0, 0.1) is 0 Å². The standard InChI is InChI=1S/C53H32N2OS/c1-3-14-33(15-4-1)34-26-28-35(29-27-34)45-31-46(55-52(54-45)36-16-5-2-6-17-36)39-20-13-24-47-51(39)40-30-44-50(32-48(40)56-47)57-49-25-12-11-23-43(49)53(44)41-21-9-7-18-37(41)38-19-8-10-22-42(38)53/h1-32H. The third kappa shape index (κ3) is 4.81. The number of nitrogens with zero attached hydrogens (tertiary/aromatic N) is 2. The van der Waals surface area contributed by atoms with E-state index in [0.29, 0.717) is 5.82 Å². The van der Waals surface area contributed by atoms with E-state index in [4.69, 9.17) is 14.4 Å². The molecule has 0 unspecified atom stereocenters. The Morgan fingerprint density at radius 1 is 0.386 bits per heavy atom. The van der Waals surface area contributed by atoms with Crippen molar-refractivity contribution in [2.24, 2.45) is 0 Å². The molecule has 12 rings (SSSR count). The van der Waals surface area contributed by atoms with E-state index in [1.807, 2.05) is 36.0 Å². The number of furan rings is 1. The molecular weight excluding hydrogens is 713 g/mol. The van der Waals surface area contributed by atoms with Gasteiger partial charge in [-0.25, -0.2) is 9.97 Å². The van der Waals surface area contributed by atoms with E-state index in [2.05, 4.69) is 170 Å². The average molecular weight is 745 g/mol. The molecule has 0 bridgehead atoms. The zero-order valence-corrected chi connectivity index (χ0v) is 31.5. The summed E-state index contributed by atoms with van der Waals surface area (Å²) in [5, 5.41) is 2.13. The van der Waals surface area contributed by atoms with Crippen LogP contribution in [0.1, 0.15) is 22.3 Å². The number of rotatable bonds is 4. The van der Waals surface area contributed by atoms with Crippen LogP contribution >= 0.6 is 11.8 Å². The average Bonchev–Trinajstić information content (AvgIpc) is 3.80. The number of benzene rings is 8. The Morgan fingerprint density at radius 2 is 0.965 bits per heavy atom. The molecule has 0 fully saturated rings. The molecule has 3 heterocycles. The van der Waals surface area contributed by atoms with E-state index in [9.17, 15) is 0 Å². The molecule has 57 heavy (non-hydrogen) atoms. The van der Waals surface area contributed by atoms with Crippen LogP contribution in [-0.4, -0.2) is 9.97 Å². The summed E-state index contributed by atoms with van der Waals surface area (Å²) in [6, 6.07) is 69.4. The van der Waals surface area contributed by atoms with Crippen LogP contribution in [-0.2, 0) is 5.41 Å². The van der Waals surface area contributed by atoms with E-state index >= 15 is 0 Å². The van der Waals surface area contributed by atoms with Crippen molar-refractivity contribution in [2.45, 2.75) is 15.2 Å². The summed E-state index contributed by atoms with van der Waals surface area (Å²) >= 11 is 1.84. The Kier molecular flexibility index (Phi) is 7.08. The van der Waals surface area contributed by atoms with Crippen molar-refractivity contribution in [2.75, 3.05) is 0 Å². The van der Waals surface area contributed by atoms with Gasteiger partial charge in [0.2, 0.25) is 0 Å². The Bertz CT molecular complexity index is 3160. The van der Waals surface area contributed by atoms with Gasteiger partial charge in [0.25, 0.3) is 0 Å². The summed E-state index contributed by atoms with van der Waals surface area (Å²) in [6.45, 7) is 0. The van der Waals surface area contributed by atoms with Gasteiger partial charge in [-0.1, -0.05) is 176 Å². The minimum absolute atomic E-state index is 0.481. The molecule has 1 aliphatic heterocycles. The quantitative estimate of drug-likeness (QED) is 0.180. The molecule has 1 aliphatic carbocycles. The van der Waals surface area contributed by atoms with Crippen LogP contribution < -0.4 is 0 Å². The Morgan fingerprint density at radius 3 is 1.70 bits per heavy atom. The second-order valence-corrected chi connectivity index (χ2v) is 15.9. The first-order chi connectivity index (χ1) is 28.2. The molecule has 4 heteroatoms. The van der Waals surface area contributed by atoms with Gasteiger partial charge >= 0.3 is 0 Å². The van der Waals surface area contributed by atoms with Gasteiger partial charge in [-0.05, 0) is 74.8 Å². The van der Waals surface area contributed by atoms with E-state index in [1.54, 1.807) is 0 Å². The molecule has 0 atom stereocenters. The van der Waals surface area contributed by atoms with Gasteiger partial charge < -0.3 is 4.42 Å². The predicted octanol–water partition coefficient (Wildman–Crippen LogP) is 13.9. The number of hydrogen-bond donors (Lipinski definition) is 0. The molecule has 0 saturated carbocycles. The summed E-state index contributed by atoms with van der Waals surface area (Å²) in [7, 11) is 0. The fourth-order valence-corrected chi connectivity index (χ4v) is 10.5. The van der Waals surface area contributed by atoms with Crippen LogP contribution in [0.25, 0.3) is 78.1 Å². The maximum atomic E-state index is 6.79. The zero-order chi connectivity index (χ0) is 37.5. The molecular formula is C53H32N2OS. The molecule has 0 amide bonds. The van der Waals surface area contributed by atoms with Crippen LogP contribution in [0.4, 0.5) is 0 Å². The lowest BCUT2D eigenvalue weighted by molar-refractivity contribution is 0.664. The number of hydrogen-bond acceptors (Lipinski definition) is 4. The number of fused-ring (bicyclic) bond motifs is 12. The van der Waals surface area contributed by atoms with Gasteiger partial charge in [0.05, 0.1) is 16.8 Å². The second kappa shape index (κ2) is 12.5. The monoisotopic (exact) mass is 744 g/mol. The highest BCUT2D eigenvalue weighted by molar-refractivity contribution is 7.99. The van der Waals surface area contributed by atoms with Crippen molar-refractivity contribution >= 4 is 33.7 Å². The molecule has 3 nitrogen and oxygen atoms in total. The lowest BCUT2D eigenvalue weighted by Gasteiger charge is -2.39. The minimum atomic E-state index is -0.481. The number of aromatic nitrogens is 2. The van der Waals surface area contributed by atoms with Gasteiger partial charge in [-0.2, -0.15) is 0 Å². The van der Waals surface area contributed by atoms with Gasteiger partial charge in [0, 0.05) is 37.3 Å². The molecule has 0 radical (unpaired) electrons. The van der Waals surface area contributed by atoms with Crippen LogP contribution in [0.2, 0.25) is 0 Å². The normalized spacial score (nSPS) is 13.3. The van der Waals surface area contributed by atoms with Gasteiger partial charge in [0.15, 0.2) is 5.82 Å². The highest BCUT2D eigenvalue weighted by Gasteiger charge is 2.50. The fourth-order valence-electron chi connectivity index (χ4n) is 9.30. The van der Waals surface area contributed by atoms with E-state index in [1.165, 1.54) is 54.3 Å². The first-order valence-electron chi connectivity index (χ1n) is 19.3. The van der Waals surface area contributed by atoms with Crippen molar-refractivity contribution in [3.8, 4) is 56.2 Å². The van der Waals surface area contributed by atoms with Crippen LogP contribution in [0.15, 0.2) is 208 Å². The summed E-state index contributed by atoms with van der Waals surface area (Å²) < 4.78 is 6.79. The minimum Gasteiger partial charge on any atom is -0.456 e. The van der Waals surface area contributed by atoms with Gasteiger partial charge in [-0.3, -0.25) is 0 Å². The molecule has 2 aromatic heterocycles. The van der Waals surface area contributed by atoms with E-state index < -0.39 is 5.41 Å². The Balaban J connectivity index is 1.10. The van der Waals surface area contributed by atoms with Crippen molar-refractivity contribution in [3.63, 3.8) is 0 Å². The lowest BCUT2D eigenvalue weighted by atomic mass is 9.67. The van der Waals surface area contributed by atoms with Crippen molar-refractivity contribution < 1.29 is 4.42 Å². The lowest BCUT2D eigenvalue weighted by Crippen LogP contribution is -2.31. The summed E-state index contributed by atoms with van der Waals surface area (Å²) in [5.74, 6) is 0.684. The third-order valence-corrected chi connectivity index (χ3v) is 12.9. The van der Waals surface area contributed by atoms with Crippen molar-refractivity contribution in [1.29, 1.82) is 0 Å². The Labute approximate surface area is 334 Å². The van der Waals surface area contributed by atoms with Crippen molar-refractivity contribution in [1.82, 2.24) is 9.97 Å². The third-order valence-electron chi connectivity index (χ3n) is 11.8. The van der Waals surface area contributed by atoms with Crippen LogP contribution in [0.5, 0.6) is 0 Å². The maximum absolute atomic E-state index is 6.79. The fraction of sp³-hybridized carbons (Fsp3) is 0.0189. The summed E-state index contributed by atoms with van der Waals surface area (Å²) in [4.78, 5) is 12.9. The molecule has 0 saturated heterocycles. The molecule has 2 aliphatic rings. The van der Waals surface area contributed by atoms with Crippen LogP contribution in [0.3, 0.4) is 0 Å². The summed E-state index contributed by atoms with van der Waals surface area (Å²) in [5.41, 5.74) is 16.1. The topological polar surface area (TPSA) is 38.9 Å². The highest BCUT2D eigenvalue weighted by atomic mass is 32.2. The van der Waals surface area contributed by atoms with Crippen molar-refractivity contribution in [3.05, 3.63) is 216 Å². The smallest absolute Gasteiger partial charge is 0.160 e. The molecule has 10 aromatic rings. The highest BCUT2D eigenvalue weighted by Crippen LogP contribution is 2.62. The van der Waals surface area contributed by atoms with Gasteiger partial charge in [-0.15, -0.1) is 0 Å². The first kappa shape index (κ1) is 32.3. The SMILES string of the molecule is c1ccc(-c2ccc(-c3cc(-c4cccc5oc6cc7c(cc6c45)C4(c5ccccc5S7)c5ccccc5-c5ccccc54)nc(-c4ccccc4)n3)cc2)cc1. The second-order valence-electron chi connectivity index (χ2n) is 14.8. The molecule has 8 aromatic carbocycles.